The Morgan fingerprint density at radius 1 is 1.36 bits per heavy atom. The molecule has 4 rings (SSSR count). The summed E-state index contributed by atoms with van der Waals surface area (Å²) in [7, 11) is 1.89. The van der Waals surface area contributed by atoms with Gasteiger partial charge in [0.05, 0.1) is 18.7 Å². The van der Waals surface area contributed by atoms with Crippen LogP contribution >= 0.6 is 0 Å². The molecule has 2 saturated heterocycles. The molecule has 2 aromatic heterocycles. The van der Waals surface area contributed by atoms with Crippen LogP contribution < -0.4 is 5.32 Å². The Bertz CT molecular complexity index is 764. The summed E-state index contributed by atoms with van der Waals surface area (Å²) in [6.45, 7) is 6.92. The van der Waals surface area contributed by atoms with Gasteiger partial charge in [0.25, 0.3) is 0 Å². The van der Waals surface area contributed by atoms with E-state index >= 15 is 0 Å². The molecule has 0 aromatic carbocycles. The molecule has 0 bridgehead atoms. The molecule has 134 valence electrons. The standard InChI is InChI=1S/C19H26N4O2/c1-13-8-16(25-14(13)2)12-23-6-4-19(5-7-23)9-17(18(24)21-19)15-10-20-22(3)11-15/h8,10-11,17H,4-7,9,12H2,1-3H3,(H,21,24)/t17-/m0/s1. The van der Waals surface area contributed by atoms with Crippen molar-refractivity contribution in [2.45, 2.75) is 51.1 Å². The normalized spacial score (nSPS) is 23.3. The van der Waals surface area contributed by atoms with Crippen LogP contribution in [0.2, 0.25) is 0 Å². The summed E-state index contributed by atoms with van der Waals surface area (Å²) in [4.78, 5) is 14.9. The summed E-state index contributed by atoms with van der Waals surface area (Å²) in [5.74, 6) is 2.13. The molecule has 2 fully saturated rings. The van der Waals surface area contributed by atoms with Crippen LogP contribution in [0.15, 0.2) is 22.9 Å². The summed E-state index contributed by atoms with van der Waals surface area (Å²) in [5.41, 5.74) is 2.19. The lowest BCUT2D eigenvalue weighted by atomic mass is 9.82. The van der Waals surface area contributed by atoms with Crippen molar-refractivity contribution in [1.82, 2.24) is 20.0 Å². The highest BCUT2D eigenvalue weighted by molar-refractivity contribution is 5.87. The van der Waals surface area contributed by atoms with E-state index in [1.54, 1.807) is 4.68 Å². The highest BCUT2D eigenvalue weighted by Crippen LogP contribution is 2.39. The van der Waals surface area contributed by atoms with Crippen molar-refractivity contribution in [3.63, 3.8) is 0 Å². The van der Waals surface area contributed by atoms with Crippen molar-refractivity contribution >= 4 is 5.91 Å². The fourth-order valence-corrected chi connectivity index (χ4v) is 4.19. The number of likely N-dealkylation sites (tertiary alicyclic amines) is 1. The Morgan fingerprint density at radius 2 is 2.12 bits per heavy atom. The van der Waals surface area contributed by atoms with E-state index in [-0.39, 0.29) is 17.4 Å². The number of aromatic nitrogens is 2. The molecular weight excluding hydrogens is 316 g/mol. The molecule has 1 amide bonds. The van der Waals surface area contributed by atoms with Gasteiger partial charge in [-0.1, -0.05) is 0 Å². The van der Waals surface area contributed by atoms with Gasteiger partial charge in [-0.15, -0.1) is 0 Å². The van der Waals surface area contributed by atoms with Gasteiger partial charge in [0.1, 0.15) is 11.5 Å². The molecule has 1 N–H and O–H groups in total. The van der Waals surface area contributed by atoms with Crippen LogP contribution in [0.4, 0.5) is 0 Å². The molecule has 0 radical (unpaired) electrons. The topological polar surface area (TPSA) is 63.3 Å². The molecule has 2 aliphatic heterocycles. The summed E-state index contributed by atoms with van der Waals surface area (Å²) < 4.78 is 7.58. The SMILES string of the molecule is Cc1cc(CN2CCC3(CC2)C[C@@H](c2cnn(C)c2)C(=O)N3)oc1C. The number of aryl methyl sites for hydroxylation is 3. The lowest BCUT2D eigenvalue weighted by Gasteiger charge is -2.39. The van der Waals surface area contributed by atoms with E-state index in [0.717, 1.165) is 56.0 Å². The third kappa shape index (κ3) is 3.11. The average Bonchev–Trinajstić information content (AvgIpc) is 3.22. The number of carbonyl (C=O) groups excluding carboxylic acids is 1. The Kier molecular flexibility index (Phi) is 3.95. The second kappa shape index (κ2) is 6.02. The number of rotatable bonds is 3. The smallest absolute Gasteiger partial charge is 0.228 e. The number of nitrogens with one attached hydrogen (secondary N) is 1. The first-order valence-electron chi connectivity index (χ1n) is 9.03. The monoisotopic (exact) mass is 342 g/mol. The average molecular weight is 342 g/mol. The fraction of sp³-hybridized carbons (Fsp3) is 0.579. The molecule has 1 atom stereocenters. The highest BCUT2D eigenvalue weighted by Gasteiger charge is 2.46. The first-order valence-corrected chi connectivity index (χ1v) is 9.03. The lowest BCUT2D eigenvalue weighted by Crippen LogP contribution is -2.50. The number of hydrogen-bond donors (Lipinski definition) is 1. The Morgan fingerprint density at radius 3 is 2.72 bits per heavy atom. The van der Waals surface area contributed by atoms with E-state index in [1.165, 1.54) is 5.56 Å². The van der Waals surface area contributed by atoms with Gasteiger partial charge >= 0.3 is 0 Å². The van der Waals surface area contributed by atoms with Gasteiger partial charge in [0, 0.05) is 37.4 Å². The Labute approximate surface area is 148 Å². The van der Waals surface area contributed by atoms with Crippen LogP contribution in [0.3, 0.4) is 0 Å². The molecular formula is C19H26N4O2. The molecule has 0 aliphatic carbocycles. The summed E-state index contributed by atoms with van der Waals surface area (Å²) in [5, 5.41) is 7.51. The van der Waals surface area contributed by atoms with Crippen LogP contribution in [0.25, 0.3) is 0 Å². The minimum absolute atomic E-state index is 0.0525. The lowest BCUT2D eigenvalue weighted by molar-refractivity contribution is -0.121. The van der Waals surface area contributed by atoms with E-state index in [2.05, 4.69) is 28.3 Å². The molecule has 6 heteroatoms. The second-order valence-electron chi connectivity index (χ2n) is 7.70. The molecule has 2 aliphatic rings. The van der Waals surface area contributed by atoms with E-state index in [9.17, 15) is 4.79 Å². The van der Waals surface area contributed by atoms with Gasteiger partial charge in [-0.3, -0.25) is 14.4 Å². The zero-order valence-electron chi connectivity index (χ0n) is 15.2. The van der Waals surface area contributed by atoms with Gasteiger partial charge < -0.3 is 9.73 Å². The molecule has 2 aromatic rings. The maximum atomic E-state index is 12.5. The van der Waals surface area contributed by atoms with Crippen molar-refractivity contribution in [3.8, 4) is 0 Å². The summed E-state index contributed by atoms with van der Waals surface area (Å²) >= 11 is 0. The van der Waals surface area contributed by atoms with Crippen LogP contribution in [0, 0.1) is 13.8 Å². The third-order valence-corrected chi connectivity index (χ3v) is 5.84. The minimum atomic E-state index is -0.0596. The molecule has 6 nitrogen and oxygen atoms in total. The van der Waals surface area contributed by atoms with Gasteiger partial charge in [-0.25, -0.2) is 0 Å². The molecule has 4 heterocycles. The Balaban J connectivity index is 1.39. The van der Waals surface area contributed by atoms with E-state index < -0.39 is 0 Å². The second-order valence-corrected chi connectivity index (χ2v) is 7.70. The van der Waals surface area contributed by atoms with Gasteiger partial charge in [0.2, 0.25) is 5.91 Å². The van der Waals surface area contributed by atoms with Gasteiger partial charge in [-0.2, -0.15) is 5.10 Å². The quantitative estimate of drug-likeness (QED) is 0.929. The minimum Gasteiger partial charge on any atom is -0.465 e. The van der Waals surface area contributed by atoms with Crippen molar-refractivity contribution in [2.24, 2.45) is 7.05 Å². The summed E-state index contributed by atoms with van der Waals surface area (Å²) in [6, 6.07) is 2.13. The molecule has 0 saturated carbocycles. The molecule has 1 spiro atoms. The third-order valence-electron chi connectivity index (χ3n) is 5.84. The van der Waals surface area contributed by atoms with Crippen LogP contribution in [0.1, 0.15) is 47.8 Å². The van der Waals surface area contributed by atoms with Gasteiger partial charge in [0.15, 0.2) is 0 Å². The van der Waals surface area contributed by atoms with Gasteiger partial charge in [-0.05, 0) is 44.7 Å². The predicted octanol–water partition coefficient (Wildman–Crippen LogP) is 2.27. The first-order chi connectivity index (χ1) is 11.9. The number of carbonyl (C=O) groups is 1. The largest absolute Gasteiger partial charge is 0.465 e. The highest BCUT2D eigenvalue weighted by atomic mass is 16.3. The zero-order chi connectivity index (χ0) is 17.6. The zero-order valence-corrected chi connectivity index (χ0v) is 15.2. The molecule has 0 unspecified atom stereocenters. The van der Waals surface area contributed by atoms with Crippen molar-refractivity contribution in [1.29, 1.82) is 0 Å². The predicted molar refractivity (Wildman–Crippen MR) is 94.1 cm³/mol. The maximum absolute atomic E-state index is 12.5. The van der Waals surface area contributed by atoms with E-state index in [1.807, 2.05) is 26.4 Å². The number of piperidine rings is 1. The number of amides is 1. The van der Waals surface area contributed by atoms with Crippen LogP contribution in [-0.2, 0) is 18.4 Å². The van der Waals surface area contributed by atoms with Crippen LogP contribution in [-0.4, -0.2) is 39.2 Å². The fourth-order valence-electron chi connectivity index (χ4n) is 4.19. The Hall–Kier alpha value is -2.08. The van der Waals surface area contributed by atoms with Crippen LogP contribution in [0.5, 0.6) is 0 Å². The maximum Gasteiger partial charge on any atom is 0.228 e. The first kappa shape index (κ1) is 16.4. The number of nitrogens with zero attached hydrogens (tertiary/aromatic N) is 3. The van der Waals surface area contributed by atoms with Crippen molar-refractivity contribution < 1.29 is 9.21 Å². The van der Waals surface area contributed by atoms with E-state index in [0.29, 0.717) is 0 Å². The number of furan rings is 1. The summed E-state index contributed by atoms with van der Waals surface area (Å²) in [6.07, 6.45) is 6.65. The van der Waals surface area contributed by atoms with E-state index in [4.69, 9.17) is 4.42 Å². The van der Waals surface area contributed by atoms with Crippen molar-refractivity contribution in [2.75, 3.05) is 13.1 Å². The molecule has 25 heavy (non-hydrogen) atoms. The number of hydrogen-bond acceptors (Lipinski definition) is 4. The van der Waals surface area contributed by atoms with Crippen molar-refractivity contribution in [3.05, 3.63) is 41.1 Å².